The first-order valence-corrected chi connectivity index (χ1v) is 9.65. The number of amides is 2. The van der Waals surface area contributed by atoms with Gasteiger partial charge in [0.1, 0.15) is 11.4 Å². The lowest BCUT2D eigenvalue weighted by atomic mass is 9.91. The molecule has 2 rings (SSSR count). The van der Waals surface area contributed by atoms with Gasteiger partial charge >= 0.3 is 12.1 Å². The number of esters is 1. The standard InChI is InChI=1S/C22H27NO7/c1-6-29-20(26)16(13-18(24)14-7-9-15(28-5)10-8-14)17-11-12-19(25)23(17)21(27)30-22(2,3)4/h7-12,16-17H,6,13H2,1-5H3/t16-,17-/m1/s1. The molecule has 0 saturated heterocycles. The van der Waals surface area contributed by atoms with Crippen molar-refractivity contribution >= 4 is 23.8 Å². The van der Waals surface area contributed by atoms with Crippen LogP contribution in [0.3, 0.4) is 0 Å². The molecule has 0 spiro atoms. The number of ketones is 1. The smallest absolute Gasteiger partial charge is 0.417 e. The second kappa shape index (κ2) is 9.56. The third kappa shape index (κ3) is 5.68. The van der Waals surface area contributed by atoms with Crippen LogP contribution in [0.25, 0.3) is 0 Å². The van der Waals surface area contributed by atoms with Gasteiger partial charge in [-0.25, -0.2) is 9.69 Å². The van der Waals surface area contributed by atoms with Gasteiger partial charge in [-0.05, 0) is 52.0 Å². The number of carbonyl (C=O) groups is 4. The molecule has 1 heterocycles. The Kier molecular flexibility index (Phi) is 7.37. The fourth-order valence-corrected chi connectivity index (χ4v) is 3.02. The highest BCUT2D eigenvalue weighted by atomic mass is 16.6. The maximum absolute atomic E-state index is 12.8. The van der Waals surface area contributed by atoms with E-state index in [4.69, 9.17) is 14.2 Å². The predicted octanol–water partition coefficient (Wildman–Crippen LogP) is 3.15. The van der Waals surface area contributed by atoms with Crippen molar-refractivity contribution in [1.29, 1.82) is 0 Å². The van der Waals surface area contributed by atoms with E-state index < -0.39 is 35.5 Å². The van der Waals surface area contributed by atoms with E-state index in [0.29, 0.717) is 11.3 Å². The Morgan fingerprint density at radius 2 is 1.77 bits per heavy atom. The lowest BCUT2D eigenvalue weighted by Gasteiger charge is -2.30. The van der Waals surface area contributed by atoms with Crippen molar-refractivity contribution in [3.63, 3.8) is 0 Å². The molecular formula is C22H27NO7. The molecule has 8 nitrogen and oxygen atoms in total. The molecule has 0 aromatic heterocycles. The molecular weight excluding hydrogens is 390 g/mol. The van der Waals surface area contributed by atoms with Gasteiger partial charge in [-0.15, -0.1) is 0 Å². The van der Waals surface area contributed by atoms with Gasteiger partial charge < -0.3 is 14.2 Å². The minimum atomic E-state index is -1.06. The summed E-state index contributed by atoms with van der Waals surface area (Å²) in [6, 6.07) is 5.47. The normalized spacial score (nSPS) is 16.9. The topological polar surface area (TPSA) is 99.2 Å². The van der Waals surface area contributed by atoms with Gasteiger partial charge in [0, 0.05) is 18.1 Å². The van der Waals surface area contributed by atoms with Gasteiger partial charge in [0.05, 0.1) is 25.7 Å². The third-order valence-corrected chi connectivity index (χ3v) is 4.38. The minimum Gasteiger partial charge on any atom is -0.497 e. The highest BCUT2D eigenvalue weighted by Gasteiger charge is 2.43. The average Bonchev–Trinajstić information content (AvgIpc) is 3.06. The molecule has 0 bridgehead atoms. The molecule has 1 aromatic rings. The summed E-state index contributed by atoms with van der Waals surface area (Å²) in [7, 11) is 1.52. The molecule has 0 unspecified atom stereocenters. The summed E-state index contributed by atoms with van der Waals surface area (Å²) < 4.78 is 15.5. The number of carbonyl (C=O) groups excluding carboxylic acids is 4. The zero-order valence-electron chi connectivity index (χ0n) is 17.8. The average molecular weight is 417 g/mol. The number of Topliss-reactive ketones (excluding diaryl/α,β-unsaturated/α-hetero) is 1. The molecule has 0 saturated carbocycles. The lowest BCUT2D eigenvalue weighted by molar-refractivity contribution is -0.150. The van der Waals surface area contributed by atoms with Gasteiger partial charge in [0.25, 0.3) is 5.91 Å². The predicted molar refractivity (Wildman–Crippen MR) is 108 cm³/mol. The number of benzene rings is 1. The van der Waals surface area contributed by atoms with Crippen molar-refractivity contribution in [2.24, 2.45) is 5.92 Å². The SMILES string of the molecule is CCOC(=O)[C@H](CC(=O)c1ccc(OC)cc1)[C@H]1C=CC(=O)N1C(=O)OC(C)(C)C. The Hall–Kier alpha value is -3.16. The van der Waals surface area contributed by atoms with Gasteiger partial charge in [0.2, 0.25) is 0 Å². The largest absolute Gasteiger partial charge is 0.497 e. The van der Waals surface area contributed by atoms with Crippen LogP contribution in [0, 0.1) is 5.92 Å². The Balaban J connectivity index is 2.29. The van der Waals surface area contributed by atoms with Crippen molar-refractivity contribution in [1.82, 2.24) is 4.90 Å². The van der Waals surface area contributed by atoms with Gasteiger partial charge in [0.15, 0.2) is 5.78 Å². The number of ether oxygens (including phenoxy) is 3. The van der Waals surface area contributed by atoms with E-state index in [1.54, 1.807) is 52.0 Å². The monoisotopic (exact) mass is 417 g/mol. The quantitative estimate of drug-likeness (QED) is 0.496. The van der Waals surface area contributed by atoms with Crippen LogP contribution in [0.2, 0.25) is 0 Å². The van der Waals surface area contributed by atoms with Crippen LogP contribution in [0.5, 0.6) is 5.75 Å². The zero-order chi connectivity index (χ0) is 22.5. The third-order valence-electron chi connectivity index (χ3n) is 4.38. The van der Waals surface area contributed by atoms with Crippen LogP contribution in [0.15, 0.2) is 36.4 Å². The van der Waals surface area contributed by atoms with Crippen LogP contribution >= 0.6 is 0 Å². The van der Waals surface area contributed by atoms with Crippen molar-refractivity contribution in [2.45, 2.75) is 45.8 Å². The number of hydrogen-bond acceptors (Lipinski definition) is 7. The first-order valence-electron chi connectivity index (χ1n) is 9.65. The molecule has 1 aliphatic rings. The second-order valence-corrected chi connectivity index (χ2v) is 7.75. The maximum Gasteiger partial charge on any atom is 0.417 e. The number of nitrogens with zero attached hydrogens (tertiary/aromatic N) is 1. The zero-order valence-corrected chi connectivity index (χ0v) is 17.8. The molecule has 162 valence electrons. The Labute approximate surface area is 175 Å². The van der Waals surface area contributed by atoms with Crippen molar-refractivity contribution in [3.05, 3.63) is 42.0 Å². The second-order valence-electron chi connectivity index (χ2n) is 7.75. The van der Waals surface area contributed by atoms with Crippen molar-refractivity contribution in [2.75, 3.05) is 13.7 Å². The molecule has 0 N–H and O–H groups in total. The summed E-state index contributed by atoms with van der Waals surface area (Å²) in [4.78, 5) is 51.2. The van der Waals surface area contributed by atoms with E-state index in [-0.39, 0.29) is 18.8 Å². The summed E-state index contributed by atoms with van der Waals surface area (Å²) in [5.74, 6) is -2.08. The van der Waals surface area contributed by atoms with E-state index in [1.807, 2.05) is 0 Å². The number of imide groups is 1. The molecule has 2 atom stereocenters. The van der Waals surface area contributed by atoms with Gasteiger partial charge in [-0.3, -0.25) is 14.4 Å². The Bertz CT molecular complexity index is 836. The van der Waals surface area contributed by atoms with E-state index in [1.165, 1.54) is 19.3 Å². The molecule has 2 amide bonds. The summed E-state index contributed by atoms with van der Waals surface area (Å²) in [6.45, 7) is 6.75. The minimum absolute atomic E-state index is 0.100. The number of rotatable bonds is 7. The van der Waals surface area contributed by atoms with Gasteiger partial charge in [-0.2, -0.15) is 0 Å². The molecule has 30 heavy (non-hydrogen) atoms. The number of hydrogen-bond donors (Lipinski definition) is 0. The fourth-order valence-electron chi connectivity index (χ4n) is 3.02. The molecule has 8 heteroatoms. The molecule has 0 aliphatic carbocycles. The van der Waals surface area contributed by atoms with Crippen LogP contribution in [0.1, 0.15) is 44.5 Å². The van der Waals surface area contributed by atoms with Crippen molar-refractivity contribution in [3.8, 4) is 5.75 Å². The van der Waals surface area contributed by atoms with E-state index >= 15 is 0 Å². The molecule has 0 fully saturated rings. The summed E-state index contributed by atoms with van der Waals surface area (Å²) in [6.07, 6.45) is 1.49. The highest BCUT2D eigenvalue weighted by molar-refractivity contribution is 6.03. The van der Waals surface area contributed by atoms with Crippen LogP contribution in [-0.4, -0.2) is 54.0 Å². The number of methoxy groups -OCH3 is 1. The van der Waals surface area contributed by atoms with E-state index in [9.17, 15) is 19.2 Å². The molecule has 0 radical (unpaired) electrons. The van der Waals surface area contributed by atoms with Crippen molar-refractivity contribution < 1.29 is 33.4 Å². The van der Waals surface area contributed by atoms with Gasteiger partial charge in [-0.1, -0.05) is 6.08 Å². The fraction of sp³-hybridized carbons (Fsp3) is 0.455. The summed E-state index contributed by atoms with van der Waals surface area (Å²) >= 11 is 0. The Morgan fingerprint density at radius 3 is 2.30 bits per heavy atom. The molecule has 1 aromatic carbocycles. The first-order chi connectivity index (χ1) is 14.1. The summed E-state index contributed by atoms with van der Waals surface area (Å²) in [5, 5.41) is 0. The van der Waals surface area contributed by atoms with Crippen LogP contribution < -0.4 is 4.74 Å². The molecule has 1 aliphatic heterocycles. The highest BCUT2D eigenvalue weighted by Crippen LogP contribution is 2.27. The van der Waals surface area contributed by atoms with E-state index in [0.717, 1.165) is 4.90 Å². The van der Waals surface area contributed by atoms with Crippen LogP contribution in [0.4, 0.5) is 4.79 Å². The maximum atomic E-state index is 12.8. The lowest BCUT2D eigenvalue weighted by Crippen LogP contribution is -2.48. The Morgan fingerprint density at radius 1 is 1.13 bits per heavy atom. The summed E-state index contributed by atoms with van der Waals surface area (Å²) in [5.41, 5.74) is -0.453. The van der Waals surface area contributed by atoms with Crippen LogP contribution in [-0.2, 0) is 19.1 Å². The first kappa shape index (κ1) is 23.1. The van der Waals surface area contributed by atoms with E-state index in [2.05, 4.69) is 0 Å².